The van der Waals surface area contributed by atoms with Crippen LogP contribution in [0.2, 0.25) is 0 Å². The zero-order valence-electron chi connectivity index (χ0n) is 9.79. The Morgan fingerprint density at radius 1 is 1.35 bits per heavy atom. The van der Waals surface area contributed by atoms with Crippen LogP contribution < -0.4 is 10.9 Å². The number of benzene rings is 1. The van der Waals surface area contributed by atoms with E-state index in [4.69, 9.17) is 5.11 Å². The lowest BCUT2D eigenvalue weighted by Crippen LogP contribution is -2.23. The molecule has 1 heterocycles. The van der Waals surface area contributed by atoms with Crippen LogP contribution >= 0.6 is 0 Å². The van der Waals surface area contributed by atoms with Crippen LogP contribution in [0.15, 0.2) is 29.1 Å². The van der Waals surface area contributed by atoms with Crippen molar-refractivity contribution in [2.45, 2.75) is 13.5 Å². The number of rotatable bonds is 4. The number of H-pyrrole nitrogens is 1. The average Bonchev–Trinajstić information content (AvgIpc) is 2.31. The molecule has 1 aromatic carbocycles. The number of aromatic amines is 1. The van der Waals surface area contributed by atoms with Crippen LogP contribution in [-0.4, -0.2) is 23.2 Å². The molecule has 2 aromatic rings. The normalized spacial score (nSPS) is 10.9. The van der Waals surface area contributed by atoms with E-state index in [9.17, 15) is 4.79 Å². The van der Waals surface area contributed by atoms with E-state index in [2.05, 4.69) is 10.3 Å². The van der Waals surface area contributed by atoms with Gasteiger partial charge in [0.15, 0.2) is 0 Å². The molecule has 0 unspecified atom stereocenters. The summed E-state index contributed by atoms with van der Waals surface area (Å²) in [5, 5.41) is 12.7. The summed E-state index contributed by atoms with van der Waals surface area (Å²) in [5.41, 5.74) is 2.63. The smallest absolute Gasteiger partial charge is 0.252 e. The SMILES string of the molecule is Cc1ccc2[nH]c(=O)c(CNCCO)cc2c1. The number of hydrogen-bond acceptors (Lipinski definition) is 3. The molecule has 0 radical (unpaired) electrons. The van der Waals surface area contributed by atoms with E-state index in [1.807, 2.05) is 31.2 Å². The van der Waals surface area contributed by atoms with Gasteiger partial charge in [0.05, 0.1) is 6.61 Å². The Bertz CT molecular complexity index is 575. The second-order valence-corrected chi connectivity index (χ2v) is 4.11. The Hall–Kier alpha value is -1.65. The van der Waals surface area contributed by atoms with Gasteiger partial charge in [0.25, 0.3) is 5.56 Å². The molecule has 0 aliphatic rings. The molecular weight excluding hydrogens is 216 g/mol. The number of hydrogen-bond donors (Lipinski definition) is 3. The van der Waals surface area contributed by atoms with Gasteiger partial charge in [-0.05, 0) is 30.5 Å². The van der Waals surface area contributed by atoms with Gasteiger partial charge in [0, 0.05) is 24.2 Å². The molecule has 0 spiro atoms. The van der Waals surface area contributed by atoms with Crippen molar-refractivity contribution in [1.29, 1.82) is 0 Å². The third-order valence-electron chi connectivity index (χ3n) is 2.68. The zero-order chi connectivity index (χ0) is 12.3. The van der Waals surface area contributed by atoms with Crippen molar-refractivity contribution in [2.24, 2.45) is 0 Å². The third kappa shape index (κ3) is 2.72. The molecule has 90 valence electrons. The lowest BCUT2D eigenvalue weighted by atomic mass is 10.1. The maximum atomic E-state index is 11.8. The van der Waals surface area contributed by atoms with Crippen LogP contribution in [0.1, 0.15) is 11.1 Å². The average molecular weight is 232 g/mol. The fraction of sp³-hybridized carbons (Fsp3) is 0.308. The van der Waals surface area contributed by atoms with E-state index in [-0.39, 0.29) is 12.2 Å². The number of nitrogens with one attached hydrogen (secondary N) is 2. The first-order valence-electron chi connectivity index (χ1n) is 5.65. The first kappa shape index (κ1) is 11.8. The lowest BCUT2D eigenvalue weighted by molar-refractivity contribution is 0.292. The van der Waals surface area contributed by atoms with Crippen LogP contribution in [0, 0.1) is 6.92 Å². The van der Waals surface area contributed by atoms with Crippen molar-refractivity contribution in [3.05, 3.63) is 45.7 Å². The summed E-state index contributed by atoms with van der Waals surface area (Å²) in [6, 6.07) is 7.82. The van der Waals surface area contributed by atoms with Crippen molar-refractivity contribution in [3.63, 3.8) is 0 Å². The minimum absolute atomic E-state index is 0.0740. The Balaban J connectivity index is 2.36. The summed E-state index contributed by atoms with van der Waals surface area (Å²) in [6.45, 7) is 3.06. The van der Waals surface area contributed by atoms with E-state index in [1.165, 1.54) is 5.56 Å². The highest BCUT2D eigenvalue weighted by molar-refractivity contribution is 5.79. The maximum absolute atomic E-state index is 11.8. The van der Waals surface area contributed by atoms with Gasteiger partial charge in [-0.3, -0.25) is 4.79 Å². The summed E-state index contributed by atoms with van der Waals surface area (Å²) < 4.78 is 0. The molecule has 0 aliphatic carbocycles. The highest BCUT2D eigenvalue weighted by Gasteiger charge is 2.02. The minimum atomic E-state index is -0.0770. The number of fused-ring (bicyclic) bond motifs is 1. The fourth-order valence-corrected chi connectivity index (χ4v) is 1.80. The van der Waals surface area contributed by atoms with Crippen LogP contribution in [-0.2, 0) is 6.54 Å². The molecule has 0 saturated carbocycles. The quantitative estimate of drug-likeness (QED) is 0.687. The number of pyridine rings is 1. The summed E-state index contributed by atoms with van der Waals surface area (Å²) in [4.78, 5) is 14.6. The molecule has 0 amide bonds. The molecule has 0 saturated heterocycles. The summed E-state index contributed by atoms with van der Waals surface area (Å²) in [6.07, 6.45) is 0. The summed E-state index contributed by atoms with van der Waals surface area (Å²) in [5.74, 6) is 0. The van der Waals surface area contributed by atoms with Gasteiger partial charge in [0.1, 0.15) is 0 Å². The van der Waals surface area contributed by atoms with Crippen molar-refractivity contribution < 1.29 is 5.11 Å². The van der Waals surface area contributed by atoms with Gasteiger partial charge in [-0.2, -0.15) is 0 Å². The molecular formula is C13H16N2O2. The first-order valence-corrected chi connectivity index (χ1v) is 5.65. The topological polar surface area (TPSA) is 65.1 Å². The number of aryl methyl sites for hydroxylation is 1. The summed E-state index contributed by atoms with van der Waals surface area (Å²) >= 11 is 0. The lowest BCUT2D eigenvalue weighted by Gasteiger charge is -2.05. The van der Waals surface area contributed by atoms with E-state index in [0.717, 1.165) is 10.9 Å². The summed E-state index contributed by atoms with van der Waals surface area (Å²) in [7, 11) is 0. The van der Waals surface area contributed by atoms with Gasteiger partial charge >= 0.3 is 0 Å². The molecule has 17 heavy (non-hydrogen) atoms. The zero-order valence-corrected chi connectivity index (χ0v) is 9.79. The largest absolute Gasteiger partial charge is 0.395 e. The molecule has 1 aromatic heterocycles. The van der Waals surface area contributed by atoms with Crippen molar-refractivity contribution in [2.75, 3.05) is 13.2 Å². The molecule has 4 heteroatoms. The van der Waals surface area contributed by atoms with Gasteiger partial charge in [-0.15, -0.1) is 0 Å². The highest BCUT2D eigenvalue weighted by Crippen LogP contribution is 2.12. The standard InChI is InChI=1S/C13H16N2O2/c1-9-2-3-12-10(6-9)7-11(13(17)15-12)8-14-4-5-16/h2-3,6-7,14,16H,4-5,8H2,1H3,(H,15,17). The second-order valence-electron chi connectivity index (χ2n) is 4.11. The van der Waals surface area contributed by atoms with Crippen LogP contribution in [0.3, 0.4) is 0 Å². The van der Waals surface area contributed by atoms with Crippen LogP contribution in [0.5, 0.6) is 0 Å². The second kappa shape index (κ2) is 5.12. The number of aliphatic hydroxyl groups excluding tert-OH is 1. The van der Waals surface area contributed by atoms with Crippen LogP contribution in [0.4, 0.5) is 0 Å². The number of aliphatic hydroxyl groups is 1. The fourth-order valence-electron chi connectivity index (χ4n) is 1.80. The molecule has 0 fully saturated rings. The van der Waals surface area contributed by atoms with Crippen molar-refractivity contribution in [1.82, 2.24) is 10.3 Å². The Kier molecular flexibility index (Phi) is 3.56. The molecule has 0 aliphatic heterocycles. The maximum Gasteiger partial charge on any atom is 0.252 e. The predicted molar refractivity (Wildman–Crippen MR) is 68.1 cm³/mol. The Morgan fingerprint density at radius 2 is 2.18 bits per heavy atom. The third-order valence-corrected chi connectivity index (χ3v) is 2.68. The molecule has 2 rings (SSSR count). The molecule has 4 nitrogen and oxygen atoms in total. The molecule has 3 N–H and O–H groups in total. The Morgan fingerprint density at radius 3 is 2.94 bits per heavy atom. The predicted octanol–water partition coefficient (Wildman–Crippen LogP) is 0.918. The van der Waals surface area contributed by atoms with Gasteiger partial charge < -0.3 is 15.4 Å². The molecule has 0 bridgehead atoms. The van der Waals surface area contributed by atoms with Gasteiger partial charge in [-0.25, -0.2) is 0 Å². The first-order chi connectivity index (χ1) is 8.20. The van der Waals surface area contributed by atoms with E-state index >= 15 is 0 Å². The van der Waals surface area contributed by atoms with Crippen LogP contribution in [0.25, 0.3) is 10.9 Å². The minimum Gasteiger partial charge on any atom is -0.395 e. The number of aromatic nitrogens is 1. The van der Waals surface area contributed by atoms with E-state index < -0.39 is 0 Å². The van der Waals surface area contributed by atoms with E-state index in [0.29, 0.717) is 18.7 Å². The highest BCUT2D eigenvalue weighted by atomic mass is 16.3. The van der Waals surface area contributed by atoms with Crippen molar-refractivity contribution in [3.8, 4) is 0 Å². The van der Waals surface area contributed by atoms with E-state index in [1.54, 1.807) is 0 Å². The molecule has 0 atom stereocenters. The monoisotopic (exact) mass is 232 g/mol. The van der Waals surface area contributed by atoms with Crippen molar-refractivity contribution >= 4 is 10.9 Å². The van der Waals surface area contributed by atoms with Gasteiger partial charge in [0.2, 0.25) is 0 Å². The van der Waals surface area contributed by atoms with Gasteiger partial charge in [-0.1, -0.05) is 11.6 Å². The Labute approximate surface area is 99.3 Å².